The van der Waals surface area contributed by atoms with Crippen LogP contribution in [0.25, 0.3) is 0 Å². The first-order valence-corrected chi connectivity index (χ1v) is 8.53. The Morgan fingerprint density at radius 2 is 1.89 bits per heavy atom. The summed E-state index contributed by atoms with van der Waals surface area (Å²) in [6.45, 7) is 4.34. The predicted molar refractivity (Wildman–Crippen MR) is 69.0 cm³/mol. The Hall–Kier alpha value is -0.580. The fraction of sp³-hybridized carbons (Fsp3) is 0.923. The second-order valence-electron chi connectivity index (χ2n) is 6.27. The molecule has 1 aliphatic carbocycles. The van der Waals surface area contributed by atoms with Gasteiger partial charge in [0.25, 0.3) is 0 Å². The molecule has 104 valence electrons. The summed E-state index contributed by atoms with van der Waals surface area (Å²) >= 11 is 0. The lowest BCUT2D eigenvalue weighted by Crippen LogP contribution is -2.43. The van der Waals surface area contributed by atoms with E-state index in [2.05, 4.69) is 13.8 Å². The minimum absolute atomic E-state index is 0.0264. The number of rotatable bonds is 2. The van der Waals surface area contributed by atoms with E-state index in [1.54, 1.807) is 0 Å². The Morgan fingerprint density at radius 3 is 2.33 bits per heavy atom. The lowest BCUT2D eigenvalue weighted by Gasteiger charge is -2.40. The van der Waals surface area contributed by atoms with Gasteiger partial charge in [0, 0.05) is 0 Å². The van der Waals surface area contributed by atoms with Crippen LogP contribution in [-0.4, -0.2) is 31.0 Å². The van der Waals surface area contributed by atoms with Crippen LogP contribution < -0.4 is 0 Å². The van der Waals surface area contributed by atoms with E-state index in [0.29, 0.717) is 18.3 Å². The average molecular weight is 274 g/mol. The second-order valence-corrected chi connectivity index (χ2v) is 8.45. The van der Waals surface area contributed by atoms with Gasteiger partial charge in [0.15, 0.2) is 9.84 Å². The minimum Gasteiger partial charge on any atom is -0.481 e. The highest BCUT2D eigenvalue weighted by atomic mass is 32.2. The second kappa shape index (κ2) is 4.51. The van der Waals surface area contributed by atoms with E-state index >= 15 is 0 Å². The fourth-order valence-electron chi connectivity index (χ4n) is 3.59. The van der Waals surface area contributed by atoms with Crippen molar-refractivity contribution in [2.24, 2.45) is 23.2 Å². The van der Waals surface area contributed by atoms with E-state index < -0.39 is 21.2 Å². The van der Waals surface area contributed by atoms with Crippen LogP contribution >= 0.6 is 0 Å². The van der Waals surface area contributed by atoms with Crippen molar-refractivity contribution in [3.8, 4) is 0 Å². The van der Waals surface area contributed by atoms with Gasteiger partial charge < -0.3 is 5.11 Å². The van der Waals surface area contributed by atoms with Crippen LogP contribution in [0.3, 0.4) is 0 Å². The number of hydrogen-bond donors (Lipinski definition) is 1. The van der Waals surface area contributed by atoms with Gasteiger partial charge in [-0.05, 0) is 37.0 Å². The van der Waals surface area contributed by atoms with Crippen molar-refractivity contribution in [1.82, 2.24) is 0 Å². The Balaban J connectivity index is 2.25. The zero-order chi connectivity index (χ0) is 13.6. The number of carboxylic acid groups (broad SMARTS) is 1. The Labute approximate surface area is 109 Å². The van der Waals surface area contributed by atoms with Crippen LogP contribution in [0.1, 0.15) is 39.5 Å². The van der Waals surface area contributed by atoms with E-state index in [-0.39, 0.29) is 17.4 Å². The number of carbonyl (C=O) groups is 1. The summed E-state index contributed by atoms with van der Waals surface area (Å²) in [7, 11) is -3.16. The van der Waals surface area contributed by atoms with Crippen LogP contribution in [0.2, 0.25) is 0 Å². The summed E-state index contributed by atoms with van der Waals surface area (Å²) in [5.74, 6) is 0.114. The quantitative estimate of drug-likeness (QED) is 0.835. The van der Waals surface area contributed by atoms with E-state index in [1.165, 1.54) is 0 Å². The lowest BCUT2D eigenvalue weighted by molar-refractivity contribution is -0.152. The summed E-state index contributed by atoms with van der Waals surface area (Å²) in [4.78, 5) is 11.6. The summed E-state index contributed by atoms with van der Waals surface area (Å²) in [6.07, 6.45) is 3.02. The molecule has 1 saturated carbocycles. The molecule has 1 aliphatic heterocycles. The molecule has 0 aromatic carbocycles. The maximum atomic E-state index is 11.7. The first-order valence-electron chi connectivity index (χ1n) is 6.71. The Bertz CT molecular complexity index is 442. The summed E-state index contributed by atoms with van der Waals surface area (Å²) in [6, 6.07) is 0. The number of sulfone groups is 1. The van der Waals surface area contributed by atoms with Crippen LogP contribution in [0.5, 0.6) is 0 Å². The molecule has 2 aliphatic rings. The predicted octanol–water partition coefficient (Wildman–Crippen LogP) is 1.95. The molecule has 5 heteroatoms. The third kappa shape index (κ3) is 2.29. The molecule has 1 heterocycles. The third-order valence-electron chi connectivity index (χ3n) is 5.14. The Kier molecular flexibility index (Phi) is 3.47. The molecule has 0 radical (unpaired) electrons. The average Bonchev–Trinajstić information content (AvgIpc) is 2.60. The van der Waals surface area contributed by atoms with Gasteiger partial charge in [0.2, 0.25) is 0 Å². The summed E-state index contributed by atoms with van der Waals surface area (Å²) < 4.78 is 23.4. The summed E-state index contributed by atoms with van der Waals surface area (Å²) in [5, 5.41) is 9.54. The maximum Gasteiger partial charge on any atom is 0.310 e. The van der Waals surface area contributed by atoms with Crippen molar-refractivity contribution >= 4 is 15.8 Å². The van der Waals surface area contributed by atoms with Gasteiger partial charge in [-0.2, -0.15) is 0 Å². The van der Waals surface area contributed by atoms with Gasteiger partial charge in [-0.3, -0.25) is 4.79 Å². The Morgan fingerprint density at radius 1 is 1.22 bits per heavy atom. The highest BCUT2D eigenvalue weighted by molar-refractivity contribution is 7.91. The van der Waals surface area contributed by atoms with Gasteiger partial charge >= 0.3 is 5.97 Å². The molecule has 1 saturated heterocycles. The number of aliphatic carboxylic acids is 1. The van der Waals surface area contributed by atoms with Crippen molar-refractivity contribution in [3.63, 3.8) is 0 Å². The molecule has 18 heavy (non-hydrogen) atoms. The number of carboxylic acids is 1. The van der Waals surface area contributed by atoms with Gasteiger partial charge in [0.05, 0.1) is 16.9 Å². The number of hydrogen-bond acceptors (Lipinski definition) is 3. The molecule has 2 rings (SSSR count). The molecule has 0 bridgehead atoms. The van der Waals surface area contributed by atoms with E-state index in [4.69, 9.17) is 0 Å². The molecule has 2 fully saturated rings. The highest BCUT2D eigenvalue weighted by Gasteiger charge is 2.54. The van der Waals surface area contributed by atoms with Crippen molar-refractivity contribution in [2.45, 2.75) is 39.5 Å². The van der Waals surface area contributed by atoms with Crippen molar-refractivity contribution < 1.29 is 18.3 Å². The monoisotopic (exact) mass is 274 g/mol. The topological polar surface area (TPSA) is 71.4 Å². The zero-order valence-electron chi connectivity index (χ0n) is 11.1. The van der Waals surface area contributed by atoms with Gasteiger partial charge in [0.1, 0.15) is 0 Å². The highest BCUT2D eigenvalue weighted by Crippen LogP contribution is 2.48. The smallest absolute Gasteiger partial charge is 0.310 e. The molecular weight excluding hydrogens is 252 g/mol. The van der Waals surface area contributed by atoms with Gasteiger partial charge in [-0.1, -0.05) is 20.3 Å². The lowest BCUT2D eigenvalue weighted by atomic mass is 9.64. The van der Waals surface area contributed by atoms with Gasteiger partial charge in [-0.15, -0.1) is 0 Å². The largest absolute Gasteiger partial charge is 0.481 e. The first-order chi connectivity index (χ1) is 8.27. The summed E-state index contributed by atoms with van der Waals surface area (Å²) in [5.41, 5.74) is -1.01. The normalized spacial score (nSPS) is 43.8. The molecule has 4 nitrogen and oxygen atoms in total. The van der Waals surface area contributed by atoms with Crippen molar-refractivity contribution in [3.05, 3.63) is 0 Å². The van der Waals surface area contributed by atoms with Crippen LogP contribution in [0, 0.1) is 23.2 Å². The van der Waals surface area contributed by atoms with Gasteiger partial charge in [-0.25, -0.2) is 8.42 Å². The minimum atomic E-state index is -3.16. The SMILES string of the molecule is CC1CCC(C2(C(=O)O)CCS(=O)(=O)C2)CC1C. The van der Waals surface area contributed by atoms with E-state index in [1.807, 2.05) is 0 Å². The maximum absolute atomic E-state index is 11.7. The molecule has 4 atom stereocenters. The van der Waals surface area contributed by atoms with Crippen LogP contribution in [0.15, 0.2) is 0 Å². The molecule has 1 N–H and O–H groups in total. The fourth-order valence-corrected chi connectivity index (χ4v) is 5.70. The van der Waals surface area contributed by atoms with E-state index in [9.17, 15) is 18.3 Å². The zero-order valence-corrected chi connectivity index (χ0v) is 11.9. The molecule has 0 aromatic heterocycles. The molecular formula is C13H22O4S. The molecule has 0 spiro atoms. The molecule has 0 aromatic rings. The van der Waals surface area contributed by atoms with Crippen LogP contribution in [0.4, 0.5) is 0 Å². The van der Waals surface area contributed by atoms with E-state index in [0.717, 1.165) is 19.3 Å². The van der Waals surface area contributed by atoms with Crippen molar-refractivity contribution in [2.75, 3.05) is 11.5 Å². The van der Waals surface area contributed by atoms with Crippen molar-refractivity contribution in [1.29, 1.82) is 0 Å². The standard InChI is InChI=1S/C13H22O4S/c1-9-3-4-11(7-10(9)2)13(12(14)15)5-6-18(16,17)8-13/h9-11H,3-8H2,1-2H3,(H,14,15). The molecule has 0 amide bonds. The van der Waals surface area contributed by atoms with Crippen LogP contribution in [-0.2, 0) is 14.6 Å². The first kappa shape index (κ1) is 13.8. The third-order valence-corrected chi connectivity index (χ3v) is 6.92. The molecule has 4 unspecified atom stereocenters.